The Balaban J connectivity index is 0.000000676. The first-order chi connectivity index (χ1) is 20.9. The van der Waals surface area contributed by atoms with Crippen LogP contribution in [0.1, 0.15) is 29.4 Å². The van der Waals surface area contributed by atoms with E-state index in [1.54, 1.807) is 31.5 Å². The number of carbonyl (C=O) groups excluding carboxylic acids is 2. The smallest absolute Gasteiger partial charge is 0.475 e. The number of alkyl halides is 3. The summed E-state index contributed by atoms with van der Waals surface area (Å²) in [6, 6.07) is 20.1. The zero-order chi connectivity index (χ0) is 32.3. The van der Waals surface area contributed by atoms with Crippen LogP contribution in [0.15, 0.2) is 79.1 Å². The van der Waals surface area contributed by atoms with Gasteiger partial charge in [0.1, 0.15) is 5.69 Å². The number of aromatic amines is 1. The van der Waals surface area contributed by atoms with Gasteiger partial charge < -0.3 is 20.3 Å². The highest BCUT2D eigenvalue weighted by Gasteiger charge is 2.38. The molecule has 4 aromatic rings. The number of halogens is 4. The second kappa shape index (κ2) is 15.6. The predicted octanol–water partition coefficient (Wildman–Crippen LogP) is 5.08. The molecule has 1 amide bonds. The van der Waals surface area contributed by atoms with Crippen molar-refractivity contribution in [2.75, 3.05) is 6.61 Å². The van der Waals surface area contributed by atoms with Crippen LogP contribution in [0.2, 0.25) is 5.02 Å². The number of benzene rings is 2. The van der Waals surface area contributed by atoms with E-state index in [-0.39, 0.29) is 18.7 Å². The maximum atomic E-state index is 13.0. The minimum Gasteiger partial charge on any atom is -0.475 e. The molecule has 0 spiro atoms. The van der Waals surface area contributed by atoms with Crippen molar-refractivity contribution in [3.8, 4) is 22.4 Å². The average molecular weight is 633 g/mol. The summed E-state index contributed by atoms with van der Waals surface area (Å²) >= 11 is 6.11. The molecular weight excluding hydrogens is 605 g/mol. The largest absolute Gasteiger partial charge is 0.490 e. The van der Waals surface area contributed by atoms with Crippen molar-refractivity contribution in [2.45, 2.75) is 38.1 Å². The third-order valence-electron chi connectivity index (χ3n) is 6.02. The number of aliphatic hydroxyl groups excluding tert-OH is 1. The zero-order valence-electron chi connectivity index (χ0n) is 23.2. The molecule has 10 nitrogen and oxygen atoms in total. The third-order valence-corrected chi connectivity index (χ3v) is 6.25. The fourth-order valence-corrected chi connectivity index (χ4v) is 4.14. The number of pyridine rings is 1. The monoisotopic (exact) mass is 632 g/mol. The van der Waals surface area contributed by atoms with Crippen LogP contribution in [0, 0.1) is 0 Å². The molecule has 0 aliphatic heterocycles. The Kier molecular flexibility index (Phi) is 12.0. The number of carboxylic acid groups (broad SMARTS) is 1. The van der Waals surface area contributed by atoms with Crippen molar-refractivity contribution < 1.29 is 42.5 Å². The van der Waals surface area contributed by atoms with Crippen molar-refractivity contribution >= 4 is 29.4 Å². The molecule has 0 saturated heterocycles. The summed E-state index contributed by atoms with van der Waals surface area (Å²) in [6.07, 6.45) is -2.76. The first-order valence-electron chi connectivity index (χ1n) is 13.1. The number of carboxylic acids is 1. The number of nitrogens with one attached hydrogen (secondary N) is 2. The number of nitrogens with zero attached hydrogens (tertiary/aromatic N) is 2. The van der Waals surface area contributed by atoms with Gasteiger partial charge in [-0.15, -0.1) is 0 Å². The van der Waals surface area contributed by atoms with Crippen LogP contribution in [-0.4, -0.2) is 68.2 Å². The van der Waals surface area contributed by atoms with Gasteiger partial charge in [0.2, 0.25) is 0 Å². The number of hydrogen-bond acceptors (Lipinski definition) is 7. The summed E-state index contributed by atoms with van der Waals surface area (Å²) in [7, 11) is 0. The lowest BCUT2D eigenvalue weighted by Crippen LogP contribution is -2.41. The maximum Gasteiger partial charge on any atom is 0.490 e. The number of rotatable bonds is 10. The summed E-state index contributed by atoms with van der Waals surface area (Å²) in [5.74, 6) is -3.88. The highest BCUT2D eigenvalue weighted by atomic mass is 35.5. The minimum atomic E-state index is -5.08. The molecule has 0 radical (unpaired) electrons. The Hall–Kier alpha value is -4.75. The lowest BCUT2D eigenvalue weighted by Gasteiger charge is -2.21. The van der Waals surface area contributed by atoms with Gasteiger partial charge >= 0.3 is 18.1 Å². The number of aliphatic hydroxyl groups is 1. The molecule has 232 valence electrons. The Labute approximate surface area is 254 Å². The van der Waals surface area contributed by atoms with Crippen LogP contribution >= 0.6 is 11.6 Å². The van der Waals surface area contributed by atoms with E-state index in [0.717, 1.165) is 22.3 Å². The van der Waals surface area contributed by atoms with Gasteiger partial charge in [0.15, 0.2) is 6.10 Å². The zero-order valence-corrected chi connectivity index (χ0v) is 24.0. The van der Waals surface area contributed by atoms with Gasteiger partial charge in [-0.1, -0.05) is 48.0 Å². The highest BCUT2D eigenvalue weighted by Crippen LogP contribution is 2.24. The molecule has 4 N–H and O–H groups in total. The summed E-state index contributed by atoms with van der Waals surface area (Å²) in [5, 5.41) is 28.0. The average Bonchev–Trinajstić information content (AvgIpc) is 3.49. The van der Waals surface area contributed by atoms with Crippen molar-refractivity contribution in [2.24, 2.45) is 0 Å². The van der Waals surface area contributed by atoms with Crippen molar-refractivity contribution in [3.05, 3.63) is 95.4 Å². The van der Waals surface area contributed by atoms with Crippen LogP contribution < -0.4 is 5.32 Å². The van der Waals surface area contributed by atoms with Crippen LogP contribution in [-0.2, 0) is 20.7 Å². The SMILES string of the molecule is CCOC(=O)[C@H](O)C[C@@H](Cc1ccc(-c2cccc(Cl)c2)cc1)NC(=O)c1cc(-c2cccnc2)n[nH]1.O=C(O)C(F)(F)F. The second-order valence-electron chi connectivity index (χ2n) is 9.30. The van der Waals surface area contributed by atoms with E-state index < -0.39 is 36.2 Å². The molecule has 0 fully saturated rings. The molecule has 0 bridgehead atoms. The molecule has 0 aliphatic carbocycles. The number of ether oxygens (including phenoxy) is 1. The molecule has 0 unspecified atom stereocenters. The van der Waals surface area contributed by atoms with Crippen LogP contribution in [0.3, 0.4) is 0 Å². The van der Waals surface area contributed by atoms with E-state index in [0.29, 0.717) is 17.1 Å². The number of aliphatic carboxylic acids is 1. The molecule has 0 saturated carbocycles. The Morgan fingerprint density at radius 2 is 1.70 bits per heavy atom. The molecule has 14 heteroatoms. The van der Waals surface area contributed by atoms with E-state index in [2.05, 4.69) is 20.5 Å². The highest BCUT2D eigenvalue weighted by molar-refractivity contribution is 6.30. The number of amides is 1. The molecule has 2 aromatic heterocycles. The van der Waals surface area contributed by atoms with Gasteiger partial charge in [0.25, 0.3) is 5.91 Å². The van der Waals surface area contributed by atoms with E-state index in [1.165, 1.54) is 0 Å². The van der Waals surface area contributed by atoms with Crippen LogP contribution in [0.25, 0.3) is 22.4 Å². The fraction of sp³-hybridized carbons (Fsp3) is 0.233. The summed E-state index contributed by atoms with van der Waals surface area (Å²) in [4.78, 5) is 38.1. The van der Waals surface area contributed by atoms with Gasteiger partial charge in [0.05, 0.1) is 12.3 Å². The lowest BCUT2D eigenvalue weighted by molar-refractivity contribution is -0.192. The Bertz CT molecular complexity index is 1550. The summed E-state index contributed by atoms with van der Waals surface area (Å²) < 4.78 is 36.7. The van der Waals surface area contributed by atoms with Crippen LogP contribution in [0.5, 0.6) is 0 Å². The first kappa shape index (κ1) is 33.7. The van der Waals surface area contributed by atoms with E-state index in [9.17, 15) is 27.9 Å². The van der Waals surface area contributed by atoms with Crippen molar-refractivity contribution in [3.63, 3.8) is 0 Å². The number of aromatic nitrogens is 3. The minimum absolute atomic E-state index is 0.00970. The fourth-order valence-electron chi connectivity index (χ4n) is 3.95. The third kappa shape index (κ3) is 10.2. The number of carbonyl (C=O) groups is 3. The second-order valence-corrected chi connectivity index (χ2v) is 9.73. The number of hydrogen-bond donors (Lipinski definition) is 4. The summed E-state index contributed by atoms with van der Waals surface area (Å²) in [6.45, 7) is 1.83. The van der Waals surface area contributed by atoms with Gasteiger partial charge in [-0.2, -0.15) is 18.3 Å². The van der Waals surface area contributed by atoms with E-state index >= 15 is 0 Å². The molecular formula is C30H28ClF3N4O6. The van der Waals surface area contributed by atoms with Gasteiger partial charge in [-0.3, -0.25) is 14.9 Å². The van der Waals surface area contributed by atoms with Crippen molar-refractivity contribution in [1.82, 2.24) is 20.5 Å². The van der Waals surface area contributed by atoms with Gasteiger partial charge in [-0.25, -0.2) is 9.59 Å². The van der Waals surface area contributed by atoms with Crippen molar-refractivity contribution in [1.29, 1.82) is 0 Å². The number of esters is 1. The standard InChI is InChI=1S/C28H27ClN4O4.C2HF3O2/c1-2-37-28(36)26(34)15-23(13-18-8-10-19(11-9-18)20-5-3-7-22(29)14-20)31-27(35)25-16-24(32-33-25)21-6-4-12-30-17-21;3-2(4,5)1(6)7/h3-12,14,16-17,23,26,34H,2,13,15H2,1H3,(H,31,35)(H,32,33);(H,6,7)/t23-,26-;/m1./s1. The molecule has 44 heavy (non-hydrogen) atoms. The summed E-state index contributed by atoms with van der Waals surface area (Å²) in [5.41, 5.74) is 4.52. The molecule has 4 rings (SSSR count). The number of H-pyrrole nitrogens is 1. The lowest BCUT2D eigenvalue weighted by atomic mass is 9.97. The van der Waals surface area contributed by atoms with Gasteiger partial charge in [0, 0.05) is 35.4 Å². The molecule has 2 aromatic carbocycles. The Morgan fingerprint density at radius 3 is 2.30 bits per heavy atom. The quantitative estimate of drug-likeness (QED) is 0.177. The molecule has 2 atom stereocenters. The van der Waals surface area contributed by atoms with Crippen LogP contribution in [0.4, 0.5) is 13.2 Å². The molecule has 2 heterocycles. The maximum absolute atomic E-state index is 13.0. The Morgan fingerprint density at radius 1 is 1.02 bits per heavy atom. The predicted molar refractivity (Wildman–Crippen MR) is 155 cm³/mol. The first-order valence-corrected chi connectivity index (χ1v) is 13.5. The topological polar surface area (TPSA) is 154 Å². The van der Waals surface area contributed by atoms with E-state index in [4.69, 9.17) is 26.2 Å². The normalized spacial score (nSPS) is 12.3. The van der Waals surface area contributed by atoms with Gasteiger partial charge in [-0.05, 0) is 60.4 Å². The van der Waals surface area contributed by atoms with E-state index in [1.807, 2.05) is 54.6 Å². The molecule has 0 aliphatic rings.